The van der Waals surface area contributed by atoms with E-state index < -0.39 is 0 Å². The van der Waals surface area contributed by atoms with Crippen LogP contribution in [0.25, 0.3) is 10.9 Å². The Kier molecular flexibility index (Phi) is 2.55. The van der Waals surface area contributed by atoms with Crippen molar-refractivity contribution in [1.29, 1.82) is 0 Å². The fourth-order valence-electron chi connectivity index (χ4n) is 1.89. The monoisotopic (exact) mass is 229 g/mol. The molecular formula is C13H15N3O. The molecule has 3 rings (SSSR count). The van der Waals surface area contributed by atoms with Crippen LogP contribution in [0.3, 0.4) is 0 Å². The first kappa shape index (κ1) is 10.3. The summed E-state index contributed by atoms with van der Waals surface area (Å²) in [6, 6.07) is 5.59. The Morgan fingerprint density at radius 1 is 1.29 bits per heavy atom. The number of anilines is 1. The third kappa shape index (κ3) is 2.30. The van der Waals surface area contributed by atoms with Gasteiger partial charge < -0.3 is 10.5 Å². The number of rotatable bonds is 4. The fourth-order valence-corrected chi connectivity index (χ4v) is 1.89. The minimum atomic E-state index is 0.642. The summed E-state index contributed by atoms with van der Waals surface area (Å²) in [5.74, 6) is 1.51. The van der Waals surface area contributed by atoms with Crippen molar-refractivity contribution >= 4 is 16.6 Å². The van der Waals surface area contributed by atoms with Gasteiger partial charge in [0.25, 0.3) is 0 Å². The van der Waals surface area contributed by atoms with Crippen LogP contribution in [-0.2, 0) is 0 Å². The van der Waals surface area contributed by atoms with Crippen molar-refractivity contribution in [3.05, 3.63) is 24.5 Å². The van der Waals surface area contributed by atoms with Gasteiger partial charge in [0.05, 0.1) is 17.5 Å². The van der Waals surface area contributed by atoms with E-state index in [0.717, 1.165) is 29.8 Å². The van der Waals surface area contributed by atoms with Gasteiger partial charge in [-0.1, -0.05) is 12.8 Å². The number of aromatic nitrogens is 2. The van der Waals surface area contributed by atoms with Crippen LogP contribution < -0.4 is 10.5 Å². The second-order valence-corrected chi connectivity index (χ2v) is 4.54. The Bertz CT molecular complexity index is 537. The van der Waals surface area contributed by atoms with Crippen molar-refractivity contribution in [2.45, 2.75) is 19.3 Å². The number of nitrogens with two attached hydrogens (primary N) is 1. The highest BCUT2D eigenvalue weighted by Gasteiger charge is 2.20. The zero-order valence-corrected chi connectivity index (χ0v) is 9.60. The fraction of sp³-hybridized carbons (Fsp3) is 0.385. The summed E-state index contributed by atoms with van der Waals surface area (Å²) < 4.78 is 5.72. The maximum Gasteiger partial charge on any atom is 0.224 e. The smallest absolute Gasteiger partial charge is 0.224 e. The molecule has 0 spiro atoms. The van der Waals surface area contributed by atoms with Crippen molar-refractivity contribution in [2.75, 3.05) is 12.3 Å². The molecule has 4 nitrogen and oxygen atoms in total. The van der Waals surface area contributed by atoms with E-state index in [1.54, 1.807) is 0 Å². The van der Waals surface area contributed by atoms with E-state index in [-0.39, 0.29) is 0 Å². The Labute approximate surface area is 99.8 Å². The number of ether oxygens (including phenoxy) is 1. The molecule has 0 radical (unpaired) electrons. The summed E-state index contributed by atoms with van der Waals surface area (Å²) in [6.45, 7) is 0.728. The molecule has 0 saturated heterocycles. The van der Waals surface area contributed by atoms with Crippen molar-refractivity contribution in [1.82, 2.24) is 9.97 Å². The van der Waals surface area contributed by atoms with E-state index in [9.17, 15) is 0 Å². The van der Waals surface area contributed by atoms with E-state index in [1.165, 1.54) is 19.2 Å². The van der Waals surface area contributed by atoms with Crippen molar-refractivity contribution in [2.24, 2.45) is 5.92 Å². The van der Waals surface area contributed by atoms with Gasteiger partial charge in [0.2, 0.25) is 5.88 Å². The van der Waals surface area contributed by atoms with Crippen LogP contribution in [0, 0.1) is 5.92 Å². The highest BCUT2D eigenvalue weighted by Crippen LogP contribution is 2.32. The van der Waals surface area contributed by atoms with Gasteiger partial charge in [-0.2, -0.15) is 0 Å². The molecule has 88 valence electrons. The highest BCUT2D eigenvalue weighted by molar-refractivity contribution is 5.86. The maximum atomic E-state index is 5.77. The molecule has 0 atom stereocenters. The minimum Gasteiger partial charge on any atom is -0.477 e. The molecule has 2 N–H and O–H groups in total. The van der Waals surface area contributed by atoms with E-state index in [0.29, 0.717) is 11.6 Å². The largest absolute Gasteiger partial charge is 0.477 e. The molecule has 17 heavy (non-hydrogen) atoms. The Morgan fingerprint density at radius 2 is 2.18 bits per heavy atom. The number of nitrogen functional groups attached to an aromatic ring is 1. The predicted octanol–water partition coefficient (Wildman–Crippen LogP) is 2.39. The van der Waals surface area contributed by atoms with E-state index >= 15 is 0 Å². The Morgan fingerprint density at radius 3 is 3.00 bits per heavy atom. The van der Waals surface area contributed by atoms with Crippen LogP contribution in [-0.4, -0.2) is 16.6 Å². The molecule has 2 aromatic rings. The third-order valence-corrected chi connectivity index (χ3v) is 3.08. The average Bonchev–Trinajstić information content (AvgIpc) is 3.14. The van der Waals surface area contributed by atoms with Crippen LogP contribution in [0.4, 0.5) is 5.69 Å². The molecule has 0 bridgehead atoms. The Hall–Kier alpha value is -1.84. The molecular weight excluding hydrogens is 214 g/mol. The van der Waals surface area contributed by atoms with Gasteiger partial charge in [-0.15, -0.1) is 0 Å². The average molecular weight is 229 g/mol. The first-order valence-electron chi connectivity index (χ1n) is 5.96. The number of nitrogens with zero attached hydrogens (tertiary/aromatic N) is 2. The molecule has 1 fully saturated rings. The summed E-state index contributed by atoms with van der Waals surface area (Å²) in [7, 11) is 0. The van der Waals surface area contributed by atoms with Crippen LogP contribution in [0.2, 0.25) is 0 Å². The topological polar surface area (TPSA) is 61.0 Å². The van der Waals surface area contributed by atoms with Crippen LogP contribution in [0.15, 0.2) is 24.5 Å². The van der Waals surface area contributed by atoms with Gasteiger partial charge in [-0.25, -0.2) is 9.97 Å². The lowest BCUT2D eigenvalue weighted by Crippen LogP contribution is -2.01. The number of hydrogen-bond acceptors (Lipinski definition) is 4. The molecule has 0 amide bonds. The van der Waals surface area contributed by atoms with Crippen LogP contribution in [0.5, 0.6) is 5.88 Å². The first-order valence-corrected chi connectivity index (χ1v) is 5.96. The molecule has 1 saturated carbocycles. The molecule has 1 heterocycles. The molecule has 1 aromatic carbocycles. The molecule has 4 heteroatoms. The minimum absolute atomic E-state index is 0.642. The van der Waals surface area contributed by atoms with Gasteiger partial charge in [0.1, 0.15) is 6.33 Å². The van der Waals surface area contributed by atoms with E-state index in [2.05, 4.69) is 9.97 Å². The van der Waals surface area contributed by atoms with Gasteiger partial charge in [-0.05, 0) is 30.5 Å². The number of hydrogen-bond donors (Lipinski definition) is 1. The number of fused-ring (bicyclic) bond motifs is 1. The summed E-state index contributed by atoms with van der Waals surface area (Å²) >= 11 is 0. The second-order valence-electron chi connectivity index (χ2n) is 4.54. The van der Waals surface area contributed by atoms with E-state index in [1.807, 2.05) is 18.2 Å². The summed E-state index contributed by atoms with van der Waals surface area (Å²) in [5.41, 5.74) is 7.35. The lowest BCUT2D eigenvalue weighted by molar-refractivity contribution is 0.295. The quantitative estimate of drug-likeness (QED) is 0.818. The molecule has 0 unspecified atom stereocenters. The normalized spacial score (nSPS) is 15.1. The van der Waals surface area contributed by atoms with Gasteiger partial charge >= 0.3 is 0 Å². The Balaban J connectivity index is 1.83. The standard InChI is InChI=1S/C13H15N3O/c14-10-3-4-12-11(7-10)13(16-8-15-12)17-6-5-9-1-2-9/h3-4,7-9H,1-2,5-6,14H2. The van der Waals surface area contributed by atoms with Crippen molar-refractivity contribution in [3.63, 3.8) is 0 Å². The lowest BCUT2D eigenvalue weighted by atomic mass is 10.2. The predicted molar refractivity (Wildman–Crippen MR) is 66.8 cm³/mol. The molecule has 0 aliphatic heterocycles. The van der Waals surface area contributed by atoms with E-state index in [4.69, 9.17) is 10.5 Å². The van der Waals surface area contributed by atoms with Crippen molar-refractivity contribution < 1.29 is 4.74 Å². The second kappa shape index (κ2) is 4.20. The van der Waals surface area contributed by atoms with Crippen LogP contribution in [0.1, 0.15) is 19.3 Å². The maximum absolute atomic E-state index is 5.77. The zero-order valence-electron chi connectivity index (χ0n) is 9.60. The summed E-state index contributed by atoms with van der Waals surface area (Å²) in [6.07, 6.45) is 5.35. The highest BCUT2D eigenvalue weighted by atomic mass is 16.5. The van der Waals surface area contributed by atoms with Crippen LogP contribution >= 0.6 is 0 Å². The van der Waals surface area contributed by atoms with Crippen molar-refractivity contribution in [3.8, 4) is 5.88 Å². The molecule has 1 aliphatic carbocycles. The van der Waals surface area contributed by atoms with Gasteiger partial charge in [0, 0.05) is 5.69 Å². The van der Waals surface area contributed by atoms with Gasteiger partial charge in [0.15, 0.2) is 0 Å². The molecule has 1 aliphatic rings. The molecule has 1 aromatic heterocycles. The summed E-state index contributed by atoms with van der Waals surface area (Å²) in [4.78, 5) is 8.37. The third-order valence-electron chi connectivity index (χ3n) is 3.08. The SMILES string of the molecule is Nc1ccc2ncnc(OCCC3CC3)c2c1. The van der Waals surface area contributed by atoms with Gasteiger partial charge in [-0.3, -0.25) is 0 Å². The summed E-state index contributed by atoms with van der Waals surface area (Å²) in [5, 5.41) is 0.892. The first-order chi connectivity index (χ1) is 8.33. The zero-order chi connectivity index (χ0) is 11.7. The lowest BCUT2D eigenvalue weighted by Gasteiger charge is -2.07. The number of benzene rings is 1.